The molecule has 0 heterocycles. The second-order valence-corrected chi connectivity index (χ2v) is 7.26. The predicted molar refractivity (Wildman–Crippen MR) is 148 cm³/mol. The number of halogens is 1. The maximum atomic E-state index is 5.67. The molecule has 0 fully saturated rings. The van der Waals surface area contributed by atoms with E-state index in [4.69, 9.17) is 19.2 Å². The highest BCUT2D eigenvalue weighted by molar-refractivity contribution is 14.0. The van der Waals surface area contributed by atoms with E-state index in [1.165, 1.54) is 11.1 Å². The van der Waals surface area contributed by atoms with Crippen LogP contribution in [-0.4, -0.2) is 53.0 Å². The van der Waals surface area contributed by atoms with Gasteiger partial charge in [0.2, 0.25) is 0 Å². The molecule has 0 aliphatic rings. The molecule has 0 aliphatic heterocycles. The van der Waals surface area contributed by atoms with E-state index in [0.29, 0.717) is 19.8 Å². The van der Waals surface area contributed by atoms with Crippen molar-refractivity contribution in [3.05, 3.63) is 53.6 Å². The van der Waals surface area contributed by atoms with Crippen molar-refractivity contribution in [3.8, 4) is 11.5 Å². The first-order chi connectivity index (χ1) is 15.7. The van der Waals surface area contributed by atoms with Gasteiger partial charge in [0.05, 0.1) is 26.9 Å². The van der Waals surface area contributed by atoms with E-state index in [9.17, 15) is 0 Å². The summed E-state index contributed by atoms with van der Waals surface area (Å²) in [6, 6.07) is 14.5. The molecule has 8 heteroatoms. The van der Waals surface area contributed by atoms with Gasteiger partial charge in [0, 0.05) is 32.4 Å². The van der Waals surface area contributed by atoms with Crippen molar-refractivity contribution in [1.29, 1.82) is 0 Å². The lowest BCUT2D eigenvalue weighted by molar-refractivity contribution is 0.211. The molecule has 3 N–H and O–H groups in total. The third-order valence-corrected chi connectivity index (χ3v) is 4.82. The fourth-order valence-corrected chi connectivity index (χ4v) is 3.18. The van der Waals surface area contributed by atoms with E-state index in [1.54, 1.807) is 14.2 Å². The molecule has 0 saturated heterocycles. The maximum absolute atomic E-state index is 5.67. The predicted octanol–water partition coefficient (Wildman–Crippen LogP) is 4.46. The number of aliphatic imine (C=N–C) groups is 1. The first-order valence-electron chi connectivity index (χ1n) is 11.3. The number of anilines is 1. The minimum atomic E-state index is 0. The third kappa shape index (κ3) is 11.0. The molecule has 0 aliphatic carbocycles. The number of nitrogens with one attached hydrogen (secondary N) is 3. The monoisotopic (exact) mass is 570 g/mol. The minimum Gasteiger partial charge on any atom is -0.493 e. The number of aryl methyl sites for hydroxylation is 1. The van der Waals surface area contributed by atoms with Gasteiger partial charge in [-0.3, -0.25) is 0 Å². The summed E-state index contributed by atoms with van der Waals surface area (Å²) >= 11 is 0. The van der Waals surface area contributed by atoms with Crippen molar-refractivity contribution in [2.24, 2.45) is 4.99 Å². The van der Waals surface area contributed by atoms with E-state index < -0.39 is 0 Å². The van der Waals surface area contributed by atoms with Gasteiger partial charge >= 0.3 is 0 Å². The highest BCUT2D eigenvalue weighted by Gasteiger charge is 2.05. The van der Waals surface area contributed by atoms with E-state index >= 15 is 0 Å². The molecule has 33 heavy (non-hydrogen) atoms. The lowest BCUT2D eigenvalue weighted by atomic mass is 10.1. The van der Waals surface area contributed by atoms with Gasteiger partial charge in [-0.1, -0.05) is 18.2 Å². The van der Waals surface area contributed by atoms with Crippen LogP contribution < -0.4 is 25.4 Å². The van der Waals surface area contributed by atoms with Crippen molar-refractivity contribution in [2.75, 3.05) is 52.4 Å². The SMILES string of the molecule is CCNC(=NCc1ccc(NCCOC)cc1)NCCCc1ccc(OC)c(OCC)c1.I. The normalized spacial score (nSPS) is 10.8. The van der Waals surface area contributed by atoms with E-state index in [1.807, 2.05) is 13.0 Å². The second-order valence-electron chi connectivity index (χ2n) is 7.26. The summed E-state index contributed by atoms with van der Waals surface area (Å²) in [7, 11) is 3.37. The molecule has 0 unspecified atom stereocenters. The van der Waals surface area contributed by atoms with Crippen LogP contribution in [0, 0.1) is 0 Å². The Balaban J connectivity index is 0.00000544. The summed E-state index contributed by atoms with van der Waals surface area (Å²) in [6.45, 7) is 8.45. The Morgan fingerprint density at radius 2 is 1.67 bits per heavy atom. The molecule has 7 nitrogen and oxygen atoms in total. The third-order valence-electron chi connectivity index (χ3n) is 4.82. The average molecular weight is 571 g/mol. The Hall–Kier alpha value is -2.20. The summed E-state index contributed by atoms with van der Waals surface area (Å²) in [5.74, 6) is 2.41. The number of methoxy groups -OCH3 is 2. The van der Waals surface area contributed by atoms with Gasteiger partial charge in [-0.2, -0.15) is 0 Å². The smallest absolute Gasteiger partial charge is 0.191 e. The van der Waals surface area contributed by atoms with E-state index in [0.717, 1.165) is 55.6 Å². The van der Waals surface area contributed by atoms with Crippen LogP contribution in [-0.2, 0) is 17.7 Å². The van der Waals surface area contributed by atoms with Crippen LogP contribution in [0.3, 0.4) is 0 Å². The Morgan fingerprint density at radius 3 is 2.33 bits per heavy atom. The average Bonchev–Trinajstić information content (AvgIpc) is 2.81. The molecule has 0 atom stereocenters. The quantitative estimate of drug-likeness (QED) is 0.135. The first kappa shape index (κ1) is 28.8. The number of hydrogen-bond acceptors (Lipinski definition) is 5. The molecule has 0 aromatic heterocycles. The highest BCUT2D eigenvalue weighted by Crippen LogP contribution is 2.28. The molecule has 184 valence electrons. The lowest BCUT2D eigenvalue weighted by Gasteiger charge is -2.13. The number of nitrogens with zero attached hydrogens (tertiary/aromatic N) is 1. The van der Waals surface area contributed by atoms with Crippen LogP contribution >= 0.6 is 24.0 Å². The first-order valence-corrected chi connectivity index (χ1v) is 11.3. The summed E-state index contributed by atoms with van der Waals surface area (Å²) in [5, 5.41) is 10.1. The van der Waals surface area contributed by atoms with Crippen LogP contribution in [0.15, 0.2) is 47.5 Å². The zero-order valence-electron chi connectivity index (χ0n) is 20.3. The zero-order chi connectivity index (χ0) is 23.0. The van der Waals surface area contributed by atoms with Crippen LogP contribution in [0.5, 0.6) is 11.5 Å². The van der Waals surface area contributed by atoms with Crippen molar-refractivity contribution in [3.63, 3.8) is 0 Å². The maximum Gasteiger partial charge on any atom is 0.191 e. The molecular formula is C25H39IN4O3. The van der Waals surface area contributed by atoms with Gasteiger partial charge in [-0.05, 0) is 62.1 Å². The van der Waals surface area contributed by atoms with E-state index in [-0.39, 0.29) is 24.0 Å². The van der Waals surface area contributed by atoms with Crippen LogP contribution in [0.2, 0.25) is 0 Å². The van der Waals surface area contributed by atoms with Gasteiger partial charge in [0.25, 0.3) is 0 Å². The van der Waals surface area contributed by atoms with Gasteiger partial charge in [0.15, 0.2) is 17.5 Å². The standard InChI is InChI=1S/C25H38N4O3.HI/c1-5-26-25(29-19-21-9-12-22(13-10-21)27-16-17-30-3)28-15-7-8-20-11-14-23(31-4)24(18-20)32-6-2;/h9-14,18,27H,5-8,15-17,19H2,1-4H3,(H2,26,28,29);1H. The Kier molecular flexibility index (Phi) is 15.1. The molecular weight excluding hydrogens is 531 g/mol. The second kappa shape index (κ2) is 17.3. The van der Waals surface area contributed by atoms with Gasteiger partial charge < -0.3 is 30.2 Å². The molecule has 2 aromatic rings. The highest BCUT2D eigenvalue weighted by atomic mass is 127. The van der Waals surface area contributed by atoms with Gasteiger partial charge in [-0.25, -0.2) is 4.99 Å². The summed E-state index contributed by atoms with van der Waals surface area (Å²) in [5.41, 5.74) is 3.49. The number of ether oxygens (including phenoxy) is 3. The molecule has 2 aromatic carbocycles. The van der Waals surface area contributed by atoms with Crippen molar-refractivity contribution in [2.45, 2.75) is 33.2 Å². The fourth-order valence-electron chi connectivity index (χ4n) is 3.18. The van der Waals surface area contributed by atoms with Crippen molar-refractivity contribution >= 4 is 35.6 Å². The summed E-state index contributed by atoms with van der Waals surface area (Å²) in [4.78, 5) is 4.71. The summed E-state index contributed by atoms with van der Waals surface area (Å²) in [6.07, 6.45) is 1.94. The number of benzene rings is 2. The number of hydrogen-bond donors (Lipinski definition) is 3. The topological polar surface area (TPSA) is 76.1 Å². The molecule has 0 spiro atoms. The molecule has 0 saturated carbocycles. The number of guanidine groups is 1. The summed E-state index contributed by atoms with van der Waals surface area (Å²) < 4.78 is 16.1. The van der Waals surface area contributed by atoms with Crippen LogP contribution in [0.4, 0.5) is 5.69 Å². The molecule has 0 amide bonds. The van der Waals surface area contributed by atoms with E-state index in [2.05, 4.69) is 59.3 Å². The fraction of sp³-hybridized carbons (Fsp3) is 0.480. The van der Waals surface area contributed by atoms with Gasteiger partial charge in [0.1, 0.15) is 0 Å². The molecule has 2 rings (SSSR count). The Morgan fingerprint density at radius 1 is 0.909 bits per heavy atom. The lowest BCUT2D eigenvalue weighted by Crippen LogP contribution is -2.37. The van der Waals surface area contributed by atoms with Crippen LogP contribution in [0.1, 0.15) is 31.4 Å². The number of rotatable bonds is 14. The molecule has 0 bridgehead atoms. The van der Waals surface area contributed by atoms with Gasteiger partial charge in [-0.15, -0.1) is 24.0 Å². The van der Waals surface area contributed by atoms with Crippen molar-refractivity contribution in [1.82, 2.24) is 10.6 Å². The van der Waals surface area contributed by atoms with Crippen LogP contribution in [0.25, 0.3) is 0 Å². The molecule has 0 radical (unpaired) electrons. The van der Waals surface area contributed by atoms with Crippen molar-refractivity contribution < 1.29 is 14.2 Å². The zero-order valence-corrected chi connectivity index (χ0v) is 22.6. The Bertz CT molecular complexity index is 816. The Labute approximate surface area is 215 Å². The largest absolute Gasteiger partial charge is 0.493 e. The minimum absolute atomic E-state index is 0.